The van der Waals surface area contributed by atoms with E-state index in [2.05, 4.69) is 17.5 Å². The quantitative estimate of drug-likeness (QED) is 0.928. The molecule has 1 heterocycles. The Bertz CT molecular complexity index is 420. The summed E-state index contributed by atoms with van der Waals surface area (Å²) in [7, 11) is 1.90. The molecule has 2 atom stereocenters. The third kappa shape index (κ3) is 4.21. The second-order valence-corrected chi connectivity index (χ2v) is 6.93. The van der Waals surface area contributed by atoms with Crippen molar-refractivity contribution in [2.75, 3.05) is 13.6 Å². The maximum absolute atomic E-state index is 12.5. The van der Waals surface area contributed by atoms with Crippen molar-refractivity contribution in [3.63, 3.8) is 0 Å². The molecule has 5 heteroatoms. The van der Waals surface area contributed by atoms with E-state index in [0.717, 1.165) is 38.6 Å². The van der Waals surface area contributed by atoms with Crippen LogP contribution in [0, 0.1) is 5.92 Å². The largest absolute Gasteiger partial charge is 0.345 e. The molecule has 20 heavy (non-hydrogen) atoms. The van der Waals surface area contributed by atoms with Gasteiger partial charge in [-0.05, 0) is 37.6 Å². The van der Waals surface area contributed by atoms with Crippen LogP contribution >= 0.6 is 23.7 Å². The van der Waals surface area contributed by atoms with Crippen LogP contribution in [0.4, 0.5) is 0 Å². The maximum Gasteiger partial charge on any atom is 0.227 e. The van der Waals surface area contributed by atoms with E-state index in [1.165, 1.54) is 4.88 Å². The van der Waals surface area contributed by atoms with Gasteiger partial charge in [-0.1, -0.05) is 18.9 Å². The molecular formula is C15H25ClN2OS. The van der Waals surface area contributed by atoms with Crippen LogP contribution in [0.2, 0.25) is 0 Å². The third-order valence-corrected chi connectivity index (χ3v) is 5.14. The second kappa shape index (κ2) is 7.43. The Balaban J connectivity index is 0.00000200. The molecule has 1 aromatic heterocycles. The van der Waals surface area contributed by atoms with Gasteiger partial charge >= 0.3 is 0 Å². The minimum Gasteiger partial charge on any atom is -0.345 e. The van der Waals surface area contributed by atoms with Gasteiger partial charge in [0.25, 0.3) is 0 Å². The number of amides is 1. The van der Waals surface area contributed by atoms with Crippen LogP contribution < -0.4 is 5.73 Å². The van der Waals surface area contributed by atoms with Crippen molar-refractivity contribution in [3.8, 4) is 0 Å². The van der Waals surface area contributed by atoms with Gasteiger partial charge in [-0.25, -0.2) is 0 Å². The number of nitrogens with two attached hydrogens (primary N) is 1. The normalized spacial score (nSPS) is 25.9. The molecular weight excluding hydrogens is 292 g/mol. The van der Waals surface area contributed by atoms with Crippen LogP contribution in [0.5, 0.6) is 0 Å². The van der Waals surface area contributed by atoms with Crippen molar-refractivity contribution in [1.82, 2.24) is 4.90 Å². The van der Waals surface area contributed by atoms with Crippen LogP contribution in [-0.4, -0.2) is 29.9 Å². The molecule has 1 amide bonds. The van der Waals surface area contributed by atoms with Gasteiger partial charge in [0.15, 0.2) is 0 Å². The van der Waals surface area contributed by atoms with Gasteiger partial charge in [0.2, 0.25) is 5.91 Å². The SMILES string of the molecule is CN(CCc1cccs1)C(=O)C1CCCCC1(C)N.Cl. The Hall–Kier alpha value is -0.580. The van der Waals surface area contributed by atoms with Crippen molar-refractivity contribution in [2.24, 2.45) is 11.7 Å². The Kier molecular flexibility index (Phi) is 6.49. The first-order valence-electron chi connectivity index (χ1n) is 7.07. The number of likely N-dealkylation sites (N-methyl/N-ethyl adjacent to an activating group) is 1. The predicted octanol–water partition coefficient (Wildman–Crippen LogP) is 3.08. The van der Waals surface area contributed by atoms with Crippen molar-refractivity contribution in [3.05, 3.63) is 22.4 Å². The molecule has 1 fully saturated rings. The highest BCUT2D eigenvalue weighted by atomic mass is 35.5. The number of hydrogen-bond acceptors (Lipinski definition) is 3. The highest BCUT2D eigenvalue weighted by molar-refractivity contribution is 7.09. The molecule has 2 rings (SSSR count). The van der Waals surface area contributed by atoms with E-state index >= 15 is 0 Å². The molecule has 0 aliphatic heterocycles. The first-order valence-corrected chi connectivity index (χ1v) is 7.95. The van der Waals surface area contributed by atoms with E-state index in [0.29, 0.717) is 0 Å². The van der Waals surface area contributed by atoms with E-state index in [9.17, 15) is 4.79 Å². The summed E-state index contributed by atoms with van der Waals surface area (Å²) in [4.78, 5) is 15.7. The van der Waals surface area contributed by atoms with E-state index in [1.54, 1.807) is 11.3 Å². The molecule has 1 aliphatic carbocycles. The Labute approximate surface area is 131 Å². The second-order valence-electron chi connectivity index (χ2n) is 5.89. The van der Waals surface area contributed by atoms with Crippen LogP contribution in [-0.2, 0) is 11.2 Å². The fourth-order valence-corrected chi connectivity index (χ4v) is 3.57. The molecule has 2 N–H and O–H groups in total. The minimum atomic E-state index is -0.327. The molecule has 114 valence electrons. The lowest BCUT2D eigenvalue weighted by Gasteiger charge is -2.39. The zero-order valence-electron chi connectivity index (χ0n) is 12.3. The molecule has 0 saturated heterocycles. The van der Waals surface area contributed by atoms with Gasteiger partial charge in [0.1, 0.15) is 0 Å². The summed E-state index contributed by atoms with van der Waals surface area (Å²) in [5, 5.41) is 2.08. The van der Waals surface area contributed by atoms with E-state index in [1.807, 2.05) is 18.9 Å². The summed E-state index contributed by atoms with van der Waals surface area (Å²) < 4.78 is 0. The zero-order chi connectivity index (χ0) is 13.9. The predicted molar refractivity (Wildman–Crippen MR) is 87.5 cm³/mol. The summed E-state index contributed by atoms with van der Waals surface area (Å²) in [5.74, 6) is 0.218. The summed E-state index contributed by atoms with van der Waals surface area (Å²) in [6, 6.07) is 4.18. The van der Waals surface area contributed by atoms with Gasteiger partial charge in [-0.2, -0.15) is 0 Å². The fraction of sp³-hybridized carbons (Fsp3) is 0.667. The molecule has 1 aliphatic rings. The molecule has 3 nitrogen and oxygen atoms in total. The summed E-state index contributed by atoms with van der Waals surface area (Å²) >= 11 is 1.75. The summed E-state index contributed by atoms with van der Waals surface area (Å²) in [6.07, 6.45) is 5.11. The summed E-state index contributed by atoms with van der Waals surface area (Å²) in [6.45, 7) is 2.81. The Morgan fingerprint density at radius 2 is 2.30 bits per heavy atom. The first-order chi connectivity index (χ1) is 9.00. The van der Waals surface area contributed by atoms with Crippen LogP contribution in [0.3, 0.4) is 0 Å². The molecule has 1 saturated carbocycles. The Morgan fingerprint density at radius 3 is 2.90 bits per heavy atom. The number of carbonyl (C=O) groups is 1. The number of rotatable bonds is 4. The molecule has 0 aromatic carbocycles. The number of carbonyl (C=O) groups excluding carboxylic acids is 1. The number of hydrogen-bond donors (Lipinski definition) is 1. The van der Waals surface area contributed by atoms with Crippen molar-refractivity contribution in [2.45, 2.75) is 44.6 Å². The van der Waals surface area contributed by atoms with Gasteiger partial charge in [0, 0.05) is 24.0 Å². The lowest BCUT2D eigenvalue weighted by molar-refractivity contribution is -0.137. The van der Waals surface area contributed by atoms with Crippen LogP contribution in [0.25, 0.3) is 0 Å². The van der Waals surface area contributed by atoms with Gasteiger partial charge < -0.3 is 10.6 Å². The van der Waals surface area contributed by atoms with Crippen molar-refractivity contribution >= 4 is 29.7 Å². The lowest BCUT2D eigenvalue weighted by Crippen LogP contribution is -2.53. The maximum atomic E-state index is 12.5. The topological polar surface area (TPSA) is 46.3 Å². The summed E-state index contributed by atoms with van der Waals surface area (Å²) in [5.41, 5.74) is 5.98. The number of thiophene rings is 1. The first kappa shape index (κ1) is 17.5. The monoisotopic (exact) mass is 316 g/mol. The third-order valence-electron chi connectivity index (χ3n) is 4.20. The van der Waals surface area contributed by atoms with Crippen molar-refractivity contribution < 1.29 is 4.79 Å². The van der Waals surface area contributed by atoms with E-state index in [-0.39, 0.29) is 29.8 Å². The average molecular weight is 317 g/mol. The van der Waals surface area contributed by atoms with Crippen molar-refractivity contribution in [1.29, 1.82) is 0 Å². The van der Waals surface area contributed by atoms with Crippen LogP contribution in [0.1, 0.15) is 37.5 Å². The minimum absolute atomic E-state index is 0. The van der Waals surface area contributed by atoms with Gasteiger partial charge in [-0.15, -0.1) is 23.7 Å². The molecule has 0 spiro atoms. The molecule has 0 bridgehead atoms. The highest BCUT2D eigenvalue weighted by Gasteiger charge is 2.38. The van der Waals surface area contributed by atoms with Gasteiger partial charge in [-0.3, -0.25) is 4.79 Å². The molecule has 0 radical (unpaired) electrons. The molecule has 1 aromatic rings. The smallest absolute Gasteiger partial charge is 0.227 e. The fourth-order valence-electron chi connectivity index (χ4n) is 2.87. The molecule has 2 unspecified atom stereocenters. The number of halogens is 1. The lowest BCUT2D eigenvalue weighted by atomic mass is 9.74. The van der Waals surface area contributed by atoms with E-state index in [4.69, 9.17) is 5.73 Å². The van der Waals surface area contributed by atoms with Gasteiger partial charge in [0.05, 0.1) is 5.92 Å². The van der Waals surface area contributed by atoms with Crippen LogP contribution in [0.15, 0.2) is 17.5 Å². The van der Waals surface area contributed by atoms with E-state index < -0.39 is 0 Å². The average Bonchev–Trinajstić information content (AvgIpc) is 2.87. The Morgan fingerprint density at radius 1 is 1.55 bits per heavy atom. The highest BCUT2D eigenvalue weighted by Crippen LogP contribution is 2.32. The standard InChI is InChI=1S/C15H24N2OS.ClH/c1-15(16)9-4-3-7-13(15)14(18)17(2)10-8-12-6-5-11-19-12;/h5-6,11,13H,3-4,7-10,16H2,1-2H3;1H. The number of nitrogens with zero attached hydrogens (tertiary/aromatic N) is 1. The zero-order valence-corrected chi connectivity index (χ0v) is 13.9.